The molecule has 6 heteroatoms. The van der Waals surface area contributed by atoms with Crippen molar-refractivity contribution in [3.63, 3.8) is 0 Å². The SMILES string of the molecule is NCC(C(=O)O)c1ccccc1OC(N)=O. The Morgan fingerprint density at radius 2 is 2.00 bits per heavy atom. The number of primary amides is 1. The standard InChI is InChI=1S/C10H12N2O4/c11-5-7(9(13)14)6-3-1-2-4-8(6)16-10(12)15/h1-4,7H,5,11H2,(H2,12,15)(H,13,14). The minimum atomic E-state index is -1.08. The van der Waals surface area contributed by atoms with E-state index >= 15 is 0 Å². The third kappa shape index (κ3) is 2.71. The van der Waals surface area contributed by atoms with E-state index in [1.165, 1.54) is 12.1 Å². The summed E-state index contributed by atoms with van der Waals surface area (Å²) >= 11 is 0. The number of para-hydroxylation sites is 1. The highest BCUT2D eigenvalue weighted by molar-refractivity contribution is 5.78. The van der Waals surface area contributed by atoms with Crippen molar-refractivity contribution in [1.82, 2.24) is 0 Å². The fraction of sp³-hybridized carbons (Fsp3) is 0.200. The van der Waals surface area contributed by atoms with Crippen LogP contribution in [0.5, 0.6) is 5.75 Å². The van der Waals surface area contributed by atoms with E-state index in [9.17, 15) is 9.59 Å². The molecule has 5 N–H and O–H groups in total. The normalized spacial score (nSPS) is 11.8. The van der Waals surface area contributed by atoms with Gasteiger partial charge >= 0.3 is 12.1 Å². The van der Waals surface area contributed by atoms with Crippen LogP contribution in [0, 0.1) is 0 Å². The summed E-state index contributed by atoms with van der Waals surface area (Å²) in [5, 5.41) is 8.93. The summed E-state index contributed by atoms with van der Waals surface area (Å²) in [7, 11) is 0. The first-order valence-electron chi connectivity index (χ1n) is 4.55. The third-order valence-electron chi connectivity index (χ3n) is 2.04. The van der Waals surface area contributed by atoms with E-state index in [4.69, 9.17) is 21.3 Å². The number of hydrogen-bond donors (Lipinski definition) is 3. The topological polar surface area (TPSA) is 116 Å². The quantitative estimate of drug-likeness (QED) is 0.678. The monoisotopic (exact) mass is 224 g/mol. The molecule has 86 valence electrons. The number of carbonyl (C=O) groups is 2. The van der Waals surface area contributed by atoms with Gasteiger partial charge < -0.3 is 21.3 Å². The number of benzene rings is 1. The fourth-order valence-corrected chi connectivity index (χ4v) is 1.33. The molecule has 0 aromatic heterocycles. The number of carboxylic acids is 1. The van der Waals surface area contributed by atoms with Gasteiger partial charge in [-0.05, 0) is 6.07 Å². The molecular formula is C10H12N2O4. The zero-order valence-electron chi connectivity index (χ0n) is 8.42. The average molecular weight is 224 g/mol. The first-order valence-corrected chi connectivity index (χ1v) is 4.55. The Hall–Kier alpha value is -2.08. The van der Waals surface area contributed by atoms with Crippen LogP contribution in [-0.4, -0.2) is 23.7 Å². The van der Waals surface area contributed by atoms with Crippen molar-refractivity contribution in [2.24, 2.45) is 11.5 Å². The van der Waals surface area contributed by atoms with E-state index in [-0.39, 0.29) is 12.3 Å². The van der Waals surface area contributed by atoms with Crippen molar-refractivity contribution in [2.45, 2.75) is 5.92 Å². The first-order chi connectivity index (χ1) is 7.56. The fourth-order valence-electron chi connectivity index (χ4n) is 1.33. The predicted molar refractivity (Wildman–Crippen MR) is 56.1 cm³/mol. The van der Waals surface area contributed by atoms with Crippen molar-refractivity contribution in [1.29, 1.82) is 0 Å². The highest BCUT2D eigenvalue weighted by Crippen LogP contribution is 2.26. The van der Waals surface area contributed by atoms with Gasteiger partial charge in [0.05, 0.1) is 5.92 Å². The van der Waals surface area contributed by atoms with Crippen LogP contribution < -0.4 is 16.2 Å². The summed E-state index contributed by atoms with van der Waals surface area (Å²) in [6, 6.07) is 6.24. The van der Waals surface area contributed by atoms with Gasteiger partial charge in [0.2, 0.25) is 0 Å². The lowest BCUT2D eigenvalue weighted by Crippen LogP contribution is -2.23. The number of nitrogens with two attached hydrogens (primary N) is 2. The highest BCUT2D eigenvalue weighted by Gasteiger charge is 2.22. The van der Waals surface area contributed by atoms with E-state index in [1.807, 2.05) is 0 Å². The lowest BCUT2D eigenvalue weighted by molar-refractivity contribution is -0.138. The Balaban J connectivity index is 3.10. The van der Waals surface area contributed by atoms with Crippen LogP contribution in [0.1, 0.15) is 11.5 Å². The number of ether oxygens (including phenoxy) is 1. The molecule has 0 bridgehead atoms. The van der Waals surface area contributed by atoms with Crippen molar-refractivity contribution >= 4 is 12.1 Å². The Labute approximate surface area is 91.8 Å². The molecule has 0 fully saturated rings. The van der Waals surface area contributed by atoms with Gasteiger partial charge in [0, 0.05) is 12.1 Å². The van der Waals surface area contributed by atoms with E-state index in [2.05, 4.69) is 0 Å². The summed E-state index contributed by atoms with van der Waals surface area (Å²) in [5.41, 5.74) is 10.6. The van der Waals surface area contributed by atoms with Crippen molar-refractivity contribution in [2.75, 3.05) is 6.54 Å². The Kier molecular flexibility index (Phi) is 3.84. The highest BCUT2D eigenvalue weighted by atomic mass is 16.5. The van der Waals surface area contributed by atoms with Crippen molar-refractivity contribution in [3.8, 4) is 5.75 Å². The van der Waals surface area contributed by atoms with E-state index in [0.717, 1.165) is 0 Å². The second-order valence-electron chi connectivity index (χ2n) is 3.09. The van der Waals surface area contributed by atoms with Crippen LogP contribution in [0.15, 0.2) is 24.3 Å². The summed E-state index contributed by atoms with van der Waals surface area (Å²) in [4.78, 5) is 21.5. The smallest absolute Gasteiger partial charge is 0.409 e. The Morgan fingerprint density at radius 1 is 1.38 bits per heavy atom. The van der Waals surface area contributed by atoms with Gasteiger partial charge in [-0.1, -0.05) is 18.2 Å². The lowest BCUT2D eigenvalue weighted by Gasteiger charge is -2.13. The van der Waals surface area contributed by atoms with Crippen LogP contribution in [0.3, 0.4) is 0 Å². The molecule has 6 nitrogen and oxygen atoms in total. The van der Waals surface area contributed by atoms with Gasteiger partial charge in [-0.15, -0.1) is 0 Å². The Bertz CT molecular complexity index is 406. The molecule has 1 aromatic rings. The molecule has 1 rings (SSSR count). The predicted octanol–water partition coefficient (Wildman–Crippen LogP) is 0.271. The molecular weight excluding hydrogens is 212 g/mol. The molecule has 0 aliphatic carbocycles. The first kappa shape index (κ1) is 12.0. The maximum Gasteiger partial charge on any atom is 0.409 e. The molecule has 1 amide bonds. The molecule has 1 aromatic carbocycles. The van der Waals surface area contributed by atoms with Crippen molar-refractivity contribution < 1.29 is 19.4 Å². The second kappa shape index (κ2) is 5.13. The minimum Gasteiger partial charge on any atom is -0.481 e. The maximum absolute atomic E-state index is 10.9. The molecule has 1 unspecified atom stereocenters. The molecule has 0 saturated heterocycles. The van der Waals surface area contributed by atoms with Gasteiger partial charge in [0.15, 0.2) is 0 Å². The molecule has 0 aliphatic heterocycles. The average Bonchev–Trinajstić information content (AvgIpc) is 2.20. The maximum atomic E-state index is 10.9. The zero-order valence-corrected chi connectivity index (χ0v) is 8.42. The third-order valence-corrected chi connectivity index (χ3v) is 2.04. The van der Waals surface area contributed by atoms with Crippen LogP contribution >= 0.6 is 0 Å². The van der Waals surface area contributed by atoms with E-state index in [0.29, 0.717) is 5.56 Å². The van der Waals surface area contributed by atoms with Crippen LogP contribution in [-0.2, 0) is 4.79 Å². The summed E-state index contributed by atoms with van der Waals surface area (Å²) < 4.78 is 4.70. The van der Waals surface area contributed by atoms with Gasteiger partial charge in [-0.25, -0.2) is 4.79 Å². The van der Waals surface area contributed by atoms with Gasteiger partial charge in [0.25, 0.3) is 0 Å². The van der Waals surface area contributed by atoms with Crippen LogP contribution in [0.25, 0.3) is 0 Å². The summed E-state index contributed by atoms with van der Waals surface area (Å²) in [6.45, 7) is -0.0888. The molecule has 0 radical (unpaired) electrons. The molecule has 0 aliphatic rings. The van der Waals surface area contributed by atoms with E-state index < -0.39 is 18.0 Å². The molecule has 16 heavy (non-hydrogen) atoms. The summed E-state index contributed by atoms with van der Waals surface area (Å²) in [6.07, 6.45) is -0.992. The molecule has 0 heterocycles. The number of carboxylic acid groups (broad SMARTS) is 1. The van der Waals surface area contributed by atoms with Gasteiger partial charge in [-0.3, -0.25) is 4.79 Å². The Morgan fingerprint density at radius 3 is 2.50 bits per heavy atom. The van der Waals surface area contributed by atoms with Crippen LogP contribution in [0.4, 0.5) is 4.79 Å². The number of carbonyl (C=O) groups excluding carboxylic acids is 1. The zero-order chi connectivity index (χ0) is 12.1. The number of amides is 1. The minimum absolute atomic E-state index is 0.0888. The molecule has 0 saturated carbocycles. The van der Waals surface area contributed by atoms with Crippen molar-refractivity contribution in [3.05, 3.63) is 29.8 Å². The number of aliphatic carboxylic acids is 1. The summed E-state index contributed by atoms with van der Waals surface area (Å²) in [5.74, 6) is -1.88. The lowest BCUT2D eigenvalue weighted by atomic mass is 9.98. The molecule has 0 spiro atoms. The second-order valence-corrected chi connectivity index (χ2v) is 3.09. The van der Waals surface area contributed by atoms with Crippen LogP contribution in [0.2, 0.25) is 0 Å². The number of rotatable bonds is 4. The van der Waals surface area contributed by atoms with Gasteiger partial charge in [0.1, 0.15) is 5.75 Å². The number of hydrogen-bond acceptors (Lipinski definition) is 4. The largest absolute Gasteiger partial charge is 0.481 e. The molecule has 1 atom stereocenters. The van der Waals surface area contributed by atoms with Gasteiger partial charge in [-0.2, -0.15) is 0 Å². The van der Waals surface area contributed by atoms with E-state index in [1.54, 1.807) is 12.1 Å².